The van der Waals surface area contributed by atoms with Gasteiger partial charge in [0.25, 0.3) is 5.69 Å². The highest BCUT2D eigenvalue weighted by molar-refractivity contribution is 5.94. The molecule has 114 valence electrons. The highest BCUT2D eigenvalue weighted by Crippen LogP contribution is 2.31. The third kappa shape index (κ3) is 3.69. The molecule has 0 saturated heterocycles. The zero-order valence-electron chi connectivity index (χ0n) is 11.9. The maximum Gasteiger partial charge on any atom is 0.273 e. The van der Waals surface area contributed by atoms with Gasteiger partial charge < -0.3 is 15.8 Å². The number of carbonyl (C=O) groups excluding carboxylic acids is 1. The molecule has 0 spiro atoms. The first-order chi connectivity index (χ1) is 10.0. The van der Waals surface area contributed by atoms with E-state index in [-0.39, 0.29) is 29.3 Å². The Morgan fingerprint density at radius 3 is 2.86 bits per heavy atom. The van der Waals surface area contributed by atoms with Crippen molar-refractivity contribution in [3.05, 3.63) is 28.3 Å². The molecule has 3 N–H and O–H groups in total. The van der Waals surface area contributed by atoms with Crippen molar-refractivity contribution in [3.8, 4) is 5.75 Å². The number of ether oxygens (including phenoxy) is 1. The Balaban J connectivity index is 2.11. The lowest BCUT2D eigenvalue weighted by Gasteiger charge is -2.25. The zero-order valence-corrected chi connectivity index (χ0v) is 11.9. The van der Waals surface area contributed by atoms with Crippen LogP contribution in [0.4, 0.5) is 11.4 Å². The number of nitrogens with zero attached hydrogens (tertiary/aromatic N) is 1. The molecule has 1 aliphatic rings. The molecule has 1 fully saturated rings. The predicted molar refractivity (Wildman–Crippen MR) is 78.2 cm³/mol. The van der Waals surface area contributed by atoms with Crippen molar-refractivity contribution >= 4 is 17.3 Å². The van der Waals surface area contributed by atoms with Crippen LogP contribution < -0.4 is 15.8 Å². The van der Waals surface area contributed by atoms with Gasteiger partial charge in [-0.15, -0.1) is 0 Å². The highest BCUT2D eigenvalue weighted by Gasteiger charge is 2.26. The molecule has 1 amide bonds. The molecule has 2 unspecified atom stereocenters. The second kappa shape index (κ2) is 6.53. The van der Waals surface area contributed by atoms with Crippen LogP contribution in [-0.4, -0.2) is 24.0 Å². The molecule has 1 aliphatic carbocycles. The van der Waals surface area contributed by atoms with E-state index in [4.69, 9.17) is 10.5 Å². The van der Waals surface area contributed by atoms with Crippen LogP contribution in [0.25, 0.3) is 0 Å². The predicted octanol–water partition coefficient (Wildman–Crippen LogP) is 2.06. The van der Waals surface area contributed by atoms with Crippen LogP contribution in [0.1, 0.15) is 25.7 Å². The number of nitro groups is 1. The fourth-order valence-electron chi connectivity index (χ4n) is 2.60. The molecule has 1 saturated carbocycles. The van der Waals surface area contributed by atoms with Gasteiger partial charge >= 0.3 is 0 Å². The molecule has 0 bridgehead atoms. The van der Waals surface area contributed by atoms with E-state index in [9.17, 15) is 14.9 Å². The molecular weight excluding hydrogens is 274 g/mol. The number of nitrogens with two attached hydrogens (primary N) is 1. The van der Waals surface area contributed by atoms with Gasteiger partial charge in [0.1, 0.15) is 5.75 Å². The summed E-state index contributed by atoms with van der Waals surface area (Å²) >= 11 is 0. The van der Waals surface area contributed by atoms with Crippen LogP contribution in [0.2, 0.25) is 0 Å². The summed E-state index contributed by atoms with van der Waals surface area (Å²) in [4.78, 5) is 22.5. The fourth-order valence-corrected chi connectivity index (χ4v) is 2.60. The molecule has 7 nitrogen and oxygen atoms in total. The number of anilines is 1. The van der Waals surface area contributed by atoms with E-state index in [0.717, 1.165) is 19.3 Å². The number of benzene rings is 1. The van der Waals surface area contributed by atoms with Crippen molar-refractivity contribution in [1.29, 1.82) is 0 Å². The SMILES string of the molecule is COc1cc([N+](=O)[O-])ccc1NC(=O)C1CCCC(N)C1. The third-order valence-corrected chi connectivity index (χ3v) is 3.74. The van der Waals surface area contributed by atoms with Crippen LogP contribution in [0, 0.1) is 16.0 Å². The minimum absolute atomic E-state index is 0.0632. The van der Waals surface area contributed by atoms with Crippen LogP contribution >= 0.6 is 0 Å². The number of carbonyl (C=O) groups is 1. The molecule has 2 rings (SSSR count). The summed E-state index contributed by atoms with van der Waals surface area (Å²) in [5.41, 5.74) is 6.24. The summed E-state index contributed by atoms with van der Waals surface area (Å²) in [6, 6.07) is 4.18. The Labute approximate surface area is 122 Å². The first-order valence-electron chi connectivity index (χ1n) is 6.90. The fraction of sp³-hybridized carbons (Fsp3) is 0.500. The minimum Gasteiger partial charge on any atom is -0.494 e. The number of rotatable bonds is 4. The Bertz CT molecular complexity index is 547. The Hall–Kier alpha value is -2.15. The summed E-state index contributed by atoms with van der Waals surface area (Å²) in [5.74, 6) is 0.0450. The monoisotopic (exact) mass is 293 g/mol. The Morgan fingerprint density at radius 1 is 1.48 bits per heavy atom. The van der Waals surface area contributed by atoms with Gasteiger partial charge in [0.15, 0.2) is 0 Å². The lowest BCUT2D eigenvalue weighted by atomic mass is 9.85. The number of hydrogen-bond donors (Lipinski definition) is 2. The van der Waals surface area contributed by atoms with Crippen molar-refractivity contribution in [3.63, 3.8) is 0 Å². The van der Waals surface area contributed by atoms with Crippen LogP contribution in [0.15, 0.2) is 18.2 Å². The van der Waals surface area contributed by atoms with Crippen molar-refractivity contribution in [1.82, 2.24) is 0 Å². The average molecular weight is 293 g/mol. The average Bonchev–Trinajstić information content (AvgIpc) is 2.47. The molecule has 0 aliphatic heterocycles. The molecular formula is C14H19N3O4. The molecule has 1 aromatic carbocycles. The lowest BCUT2D eigenvalue weighted by Crippen LogP contribution is -2.34. The minimum atomic E-state index is -0.506. The molecule has 0 heterocycles. The number of hydrogen-bond acceptors (Lipinski definition) is 5. The molecule has 7 heteroatoms. The van der Waals surface area contributed by atoms with Gasteiger partial charge in [-0.3, -0.25) is 14.9 Å². The van der Waals surface area contributed by atoms with Gasteiger partial charge in [0, 0.05) is 18.0 Å². The highest BCUT2D eigenvalue weighted by atomic mass is 16.6. The van der Waals surface area contributed by atoms with Crippen LogP contribution in [0.5, 0.6) is 5.75 Å². The summed E-state index contributed by atoms with van der Waals surface area (Å²) in [6.45, 7) is 0. The number of non-ortho nitro benzene ring substituents is 1. The molecule has 2 atom stereocenters. The number of methoxy groups -OCH3 is 1. The zero-order chi connectivity index (χ0) is 15.4. The van der Waals surface area contributed by atoms with E-state index in [1.807, 2.05) is 0 Å². The standard InChI is InChI=1S/C14H19N3O4/c1-21-13-8-11(17(19)20)5-6-12(13)16-14(18)9-3-2-4-10(15)7-9/h5-6,8-10H,2-4,7,15H2,1H3,(H,16,18). The smallest absolute Gasteiger partial charge is 0.273 e. The van der Waals surface area contributed by atoms with E-state index in [2.05, 4.69) is 5.32 Å². The van der Waals surface area contributed by atoms with Crippen molar-refractivity contribution < 1.29 is 14.5 Å². The number of nitrogens with one attached hydrogen (secondary N) is 1. The first kappa shape index (κ1) is 15.2. The van der Waals surface area contributed by atoms with Gasteiger partial charge in [-0.2, -0.15) is 0 Å². The number of amides is 1. The largest absolute Gasteiger partial charge is 0.494 e. The van der Waals surface area contributed by atoms with Crippen LogP contribution in [0.3, 0.4) is 0 Å². The summed E-state index contributed by atoms with van der Waals surface area (Å²) in [5, 5.41) is 13.5. The maximum atomic E-state index is 12.2. The van der Waals surface area contributed by atoms with Gasteiger partial charge in [0.2, 0.25) is 5.91 Å². The number of nitro benzene ring substituents is 1. The Kier molecular flexibility index (Phi) is 4.74. The van der Waals surface area contributed by atoms with Gasteiger partial charge in [-0.1, -0.05) is 6.42 Å². The Morgan fingerprint density at radius 2 is 2.24 bits per heavy atom. The lowest BCUT2D eigenvalue weighted by molar-refractivity contribution is -0.384. The second-order valence-electron chi connectivity index (χ2n) is 5.25. The second-order valence-corrected chi connectivity index (χ2v) is 5.25. The molecule has 1 aromatic rings. The molecule has 0 radical (unpaired) electrons. The third-order valence-electron chi connectivity index (χ3n) is 3.74. The van der Waals surface area contributed by atoms with E-state index in [0.29, 0.717) is 12.1 Å². The summed E-state index contributed by atoms with van der Waals surface area (Å²) < 4.78 is 5.10. The van der Waals surface area contributed by atoms with Crippen molar-refractivity contribution in [2.75, 3.05) is 12.4 Å². The summed E-state index contributed by atoms with van der Waals surface area (Å²) in [7, 11) is 1.41. The van der Waals surface area contributed by atoms with Gasteiger partial charge in [-0.05, 0) is 25.3 Å². The van der Waals surface area contributed by atoms with Crippen LogP contribution in [-0.2, 0) is 4.79 Å². The van der Waals surface area contributed by atoms with Gasteiger partial charge in [-0.25, -0.2) is 0 Å². The van der Waals surface area contributed by atoms with E-state index in [1.165, 1.54) is 25.3 Å². The van der Waals surface area contributed by atoms with E-state index in [1.54, 1.807) is 0 Å². The molecule has 21 heavy (non-hydrogen) atoms. The normalized spacial score (nSPS) is 21.6. The molecule has 0 aromatic heterocycles. The quantitative estimate of drug-likeness (QED) is 0.652. The van der Waals surface area contributed by atoms with Crippen molar-refractivity contribution in [2.45, 2.75) is 31.7 Å². The first-order valence-corrected chi connectivity index (χ1v) is 6.90. The summed E-state index contributed by atoms with van der Waals surface area (Å²) in [6.07, 6.45) is 3.37. The van der Waals surface area contributed by atoms with Crippen molar-refractivity contribution in [2.24, 2.45) is 11.7 Å². The topological polar surface area (TPSA) is 107 Å². The maximum absolute atomic E-state index is 12.2. The van der Waals surface area contributed by atoms with E-state index >= 15 is 0 Å². The van der Waals surface area contributed by atoms with E-state index < -0.39 is 4.92 Å². The van der Waals surface area contributed by atoms with Gasteiger partial charge in [0.05, 0.1) is 23.8 Å².